The number of aromatic nitrogens is 2. The van der Waals surface area contributed by atoms with Crippen molar-refractivity contribution >= 4 is 29.3 Å². The second-order valence-corrected chi connectivity index (χ2v) is 5.24. The quantitative estimate of drug-likeness (QED) is 0.763. The number of halogens is 1. The van der Waals surface area contributed by atoms with Crippen LogP contribution in [0.2, 0.25) is 5.02 Å². The molecule has 0 saturated carbocycles. The lowest BCUT2D eigenvalue weighted by molar-refractivity contribution is -0.139. The molecule has 106 valence electrons. The molecule has 2 rings (SSSR count). The van der Waals surface area contributed by atoms with Crippen molar-refractivity contribution in [1.29, 1.82) is 0 Å². The van der Waals surface area contributed by atoms with Gasteiger partial charge in [-0.25, -0.2) is 0 Å². The molecule has 0 unspecified atom stereocenters. The Kier molecular flexibility index (Phi) is 5.43. The van der Waals surface area contributed by atoms with Crippen LogP contribution >= 0.6 is 23.4 Å². The Morgan fingerprint density at radius 1 is 1.50 bits per heavy atom. The van der Waals surface area contributed by atoms with Gasteiger partial charge in [-0.15, -0.1) is 11.8 Å². The van der Waals surface area contributed by atoms with E-state index in [2.05, 4.69) is 10.1 Å². The van der Waals surface area contributed by atoms with Gasteiger partial charge in [-0.3, -0.25) is 4.79 Å². The van der Waals surface area contributed by atoms with Crippen LogP contribution in [0.1, 0.15) is 12.8 Å². The smallest absolute Gasteiger partial charge is 0.315 e. The first-order chi connectivity index (χ1) is 9.69. The number of nitrogens with zero attached hydrogens (tertiary/aromatic N) is 2. The fourth-order valence-corrected chi connectivity index (χ4v) is 2.32. The minimum absolute atomic E-state index is 0.243. The van der Waals surface area contributed by atoms with Crippen LogP contribution in [0, 0.1) is 0 Å². The third-order valence-electron chi connectivity index (χ3n) is 2.30. The molecule has 0 radical (unpaired) electrons. The van der Waals surface area contributed by atoms with Crippen LogP contribution in [-0.4, -0.2) is 28.5 Å². The number of carbonyl (C=O) groups excluding carboxylic acids is 1. The fraction of sp³-hybridized carbons (Fsp3) is 0.308. The molecule has 20 heavy (non-hydrogen) atoms. The summed E-state index contributed by atoms with van der Waals surface area (Å²) in [5, 5.41) is 4.50. The maximum Gasteiger partial charge on any atom is 0.315 e. The van der Waals surface area contributed by atoms with Crippen LogP contribution in [0.15, 0.2) is 28.8 Å². The molecule has 1 aromatic heterocycles. The summed E-state index contributed by atoms with van der Waals surface area (Å²) in [7, 11) is 0. The van der Waals surface area contributed by atoms with Gasteiger partial charge >= 0.3 is 5.97 Å². The zero-order valence-corrected chi connectivity index (χ0v) is 12.4. The van der Waals surface area contributed by atoms with Gasteiger partial charge in [0, 0.05) is 10.6 Å². The number of carbonyl (C=O) groups is 1. The van der Waals surface area contributed by atoms with Crippen molar-refractivity contribution in [2.24, 2.45) is 0 Å². The lowest BCUT2D eigenvalue weighted by Crippen LogP contribution is -2.06. The van der Waals surface area contributed by atoms with Crippen LogP contribution in [-0.2, 0) is 15.3 Å². The summed E-state index contributed by atoms with van der Waals surface area (Å²) < 4.78 is 9.95. The zero-order valence-electron chi connectivity index (χ0n) is 10.8. The first-order valence-electron chi connectivity index (χ1n) is 6.01. The number of hydrogen-bond donors (Lipinski definition) is 0. The monoisotopic (exact) mass is 312 g/mol. The lowest BCUT2D eigenvalue weighted by atomic mass is 10.2. The molecule has 0 N–H and O–H groups in total. The molecule has 0 aliphatic heterocycles. The first kappa shape index (κ1) is 14.9. The van der Waals surface area contributed by atoms with E-state index in [9.17, 15) is 4.79 Å². The highest BCUT2D eigenvalue weighted by molar-refractivity contribution is 7.99. The summed E-state index contributed by atoms with van der Waals surface area (Å²) >= 11 is 7.28. The van der Waals surface area contributed by atoms with Crippen molar-refractivity contribution in [3.05, 3.63) is 35.2 Å². The Balaban J connectivity index is 1.91. The van der Waals surface area contributed by atoms with Gasteiger partial charge in [0.05, 0.1) is 18.1 Å². The lowest BCUT2D eigenvalue weighted by Gasteiger charge is -1.99. The van der Waals surface area contributed by atoms with Gasteiger partial charge in [0.1, 0.15) is 0 Å². The largest absolute Gasteiger partial charge is 0.465 e. The molecule has 0 aliphatic carbocycles. The van der Waals surface area contributed by atoms with Crippen molar-refractivity contribution in [3.63, 3.8) is 0 Å². The molecule has 0 spiro atoms. The molecule has 7 heteroatoms. The first-order valence-corrected chi connectivity index (χ1v) is 7.54. The highest BCUT2D eigenvalue weighted by atomic mass is 35.5. The number of benzene rings is 1. The van der Waals surface area contributed by atoms with Gasteiger partial charge < -0.3 is 9.26 Å². The summed E-state index contributed by atoms with van der Waals surface area (Å²) in [5.74, 6) is 1.44. The van der Waals surface area contributed by atoms with Crippen molar-refractivity contribution in [3.8, 4) is 11.4 Å². The second kappa shape index (κ2) is 7.31. The van der Waals surface area contributed by atoms with Gasteiger partial charge in [-0.1, -0.05) is 28.9 Å². The van der Waals surface area contributed by atoms with E-state index < -0.39 is 0 Å². The van der Waals surface area contributed by atoms with Gasteiger partial charge in [0.25, 0.3) is 0 Å². The van der Waals surface area contributed by atoms with E-state index in [0.29, 0.717) is 29.1 Å². The number of thioether (sulfide) groups is 1. The van der Waals surface area contributed by atoms with Crippen LogP contribution in [0.4, 0.5) is 0 Å². The molecule has 5 nitrogen and oxygen atoms in total. The number of esters is 1. The Labute approximate surface area is 125 Å². The van der Waals surface area contributed by atoms with Gasteiger partial charge in [0.2, 0.25) is 11.7 Å². The summed E-state index contributed by atoms with van der Waals surface area (Å²) in [4.78, 5) is 15.4. The molecule has 1 aromatic carbocycles. The molecule has 0 fully saturated rings. The van der Waals surface area contributed by atoms with E-state index in [1.54, 1.807) is 19.1 Å². The zero-order chi connectivity index (χ0) is 14.4. The van der Waals surface area contributed by atoms with E-state index in [4.69, 9.17) is 20.9 Å². The minimum atomic E-state index is -0.243. The Morgan fingerprint density at radius 2 is 2.35 bits per heavy atom. The topological polar surface area (TPSA) is 65.2 Å². The van der Waals surface area contributed by atoms with Crippen molar-refractivity contribution in [2.75, 3.05) is 12.4 Å². The van der Waals surface area contributed by atoms with E-state index in [1.165, 1.54) is 11.8 Å². The van der Waals surface area contributed by atoms with Gasteiger partial charge in [0.15, 0.2) is 0 Å². The average Bonchev–Trinajstić information content (AvgIpc) is 2.88. The van der Waals surface area contributed by atoms with Crippen molar-refractivity contribution < 1.29 is 14.1 Å². The van der Waals surface area contributed by atoms with Crippen LogP contribution in [0.25, 0.3) is 11.4 Å². The van der Waals surface area contributed by atoms with Gasteiger partial charge in [-0.05, 0) is 19.1 Å². The van der Waals surface area contributed by atoms with E-state index in [-0.39, 0.29) is 11.7 Å². The Morgan fingerprint density at radius 3 is 3.10 bits per heavy atom. The third kappa shape index (κ3) is 4.25. The predicted molar refractivity (Wildman–Crippen MR) is 77.5 cm³/mol. The van der Waals surface area contributed by atoms with Crippen LogP contribution in [0.5, 0.6) is 0 Å². The second-order valence-electron chi connectivity index (χ2n) is 3.82. The van der Waals surface area contributed by atoms with Crippen LogP contribution < -0.4 is 0 Å². The maximum absolute atomic E-state index is 11.2. The highest BCUT2D eigenvalue weighted by Gasteiger charge is 2.10. The summed E-state index contributed by atoms with van der Waals surface area (Å²) in [6.07, 6.45) is 0. The molecule has 2 aromatic rings. The molecule has 0 saturated heterocycles. The number of hydrogen-bond acceptors (Lipinski definition) is 6. The molecule has 1 heterocycles. The summed E-state index contributed by atoms with van der Waals surface area (Å²) in [6.45, 7) is 2.16. The molecule has 0 bridgehead atoms. The highest BCUT2D eigenvalue weighted by Crippen LogP contribution is 2.21. The number of rotatable bonds is 6. The van der Waals surface area contributed by atoms with Crippen molar-refractivity contribution in [2.45, 2.75) is 12.7 Å². The number of ether oxygens (including phenoxy) is 1. The SMILES string of the molecule is CCOC(=O)CSCc1nc(-c2cccc(Cl)c2)no1. The van der Waals surface area contributed by atoms with E-state index >= 15 is 0 Å². The molecule has 0 amide bonds. The molecular weight excluding hydrogens is 300 g/mol. The minimum Gasteiger partial charge on any atom is -0.465 e. The average molecular weight is 313 g/mol. The van der Waals surface area contributed by atoms with Crippen molar-refractivity contribution in [1.82, 2.24) is 10.1 Å². The van der Waals surface area contributed by atoms with Gasteiger partial charge in [-0.2, -0.15) is 4.98 Å². The normalized spacial score (nSPS) is 10.5. The van der Waals surface area contributed by atoms with E-state index in [0.717, 1.165) is 5.56 Å². The molecular formula is C13H13ClN2O3S. The molecule has 0 atom stereocenters. The summed E-state index contributed by atoms with van der Waals surface area (Å²) in [6, 6.07) is 7.22. The summed E-state index contributed by atoms with van der Waals surface area (Å²) in [5.41, 5.74) is 0.794. The maximum atomic E-state index is 11.2. The Bertz CT molecular complexity index is 589. The van der Waals surface area contributed by atoms with Crippen LogP contribution in [0.3, 0.4) is 0 Å². The fourth-order valence-electron chi connectivity index (χ4n) is 1.48. The predicted octanol–water partition coefficient (Wildman–Crippen LogP) is 3.19. The third-order valence-corrected chi connectivity index (χ3v) is 3.43. The molecule has 0 aliphatic rings. The Hall–Kier alpha value is -1.53. The standard InChI is InChI=1S/C13H13ClN2O3S/c1-2-18-12(17)8-20-7-11-15-13(16-19-11)9-4-3-5-10(14)6-9/h3-6H,2,7-8H2,1H3. The van der Waals surface area contributed by atoms with E-state index in [1.807, 2.05) is 12.1 Å².